The quantitative estimate of drug-likeness (QED) is 0.884. The summed E-state index contributed by atoms with van der Waals surface area (Å²) in [5, 5.41) is 3.15. The Balaban J connectivity index is 2.35. The molecule has 2 N–H and O–H groups in total. The average Bonchev–Trinajstić information content (AvgIpc) is 2.77. The summed E-state index contributed by atoms with van der Waals surface area (Å²) in [7, 11) is -2.07. The minimum absolute atomic E-state index is 0.105. The van der Waals surface area contributed by atoms with Gasteiger partial charge in [0.25, 0.3) is 10.0 Å². The third kappa shape index (κ3) is 2.91. The second kappa shape index (κ2) is 5.76. The molecule has 20 heavy (non-hydrogen) atoms. The number of pyridine rings is 1. The maximum absolute atomic E-state index is 12.4. The molecule has 0 aliphatic carbocycles. The Morgan fingerprint density at radius 2 is 2.15 bits per heavy atom. The predicted octanol–water partition coefficient (Wildman–Crippen LogP) is 2.25. The van der Waals surface area contributed by atoms with Crippen molar-refractivity contribution in [2.24, 2.45) is 0 Å². The molecule has 2 aromatic rings. The fourth-order valence-corrected chi connectivity index (χ4v) is 4.07. The highest BCUT2D eigenvalue weighted by molar-refractivity contribution is 7.93. The lowest BCUT2D eigenvalue weighted by molar-refractivity contribution is 0.601. The zero-order chi connectivity index (χ0) is 14.8. The van der Waals surface area contributed by atoms with E-state index in [1.807, 2.05) is 13.8 Å². The molecular formula is C12H16N4O2S2. The van der Waals surface area contributed by atoms with Gasteiger partial charge in [0.2, 0.25) is 0 Å². The van der Waals surface area contributed by atoms with Crippen molar-refractivity contribution < 1.29 is 8.42 Å². The van der Waals surface area contributed by atoms with Crippen LogP contribution < -0.4 is 10.0 Å². The second-order valence-corrected chi connectivity index (χ2v) is 6.94. The summed E-state index contributed by atoms with van der Waals surface area (Å²) >= 11 is 1.33. The molecule has 0 atom stereocenters. The Hall–Kier alpha value is -1.67. The van der Waals surface area contributed by atoms with Gasteiger partial charge in [0.05, 0.1) is 5.69 Å². The number of anilines is 2. The Morgan fingerprint density at radius 3 is 2.75 bits per heavy atom. The lowest BCUT2D eigenvalue weighted by atomic mass is 10.3. The maximum atomic E-state index is 12.4. The first-order valence-electron chi connectivity index (χ1n) is 6.09. The van der Waals surface area contributed by atoms with Crippen LogP contribution in [0.15, 0.2) is 23.2 Å². The normalized spacial score (nSPS) is 11.3. The van der Waals surface area contributed by atoms with Crippen LogP contribution in [0.1, 0.15) is 17.5 Å². The van der Waals surface area contributed by atoms with Gasteiger partial charge in [0.1, 0.15) is 10.7 Å². The molecule has 0 saturated heterocycles. The lowest BCUT2D eigenvalue weighted by Gasteiger charge is -2.08. The summed E-state index contributed by atoms with van der Waals surface area (Å²) in [5.74, 6) is 0.309. The molecule has 108 valence electrons. The minimum atomic E-state index is -3.69. The molecule has 6 nitrogen and oxygen atoms in total. The van der Waals surface area contributed by atoms with Crippen molar-refractivity contribution in [3.05, 3.63) is 28.9 Å². The SMILES string of the molecule is CCc1nc(NS(=O)(=O)c2cccnc2NC)sc1C. The molecule has 0 aliphatic rings. The first kappa shape index (κ1) is 14.7. The molecule has 0 bridgehead atoms. The molecule has 0 unspecified atom stereocenters. The molecule has 0 amide bonds. The maximum Gasteiger partial charge on any atom is 0.267 e. The van der Waals surface area contributed by atoms with E-state index in [-0.39, 0.29) is 4.90 Å². The zero-order valence-electron chi connectivity index (χ0n) is 11.5. The fraction of sp³-hybridized carbons (Fsp3) is 0.333. The molecule has 2 heterocycles. The standard InChI is InChI=1S/C12H16N4O2S2/c1-4-9-8(2)19-12(15-9)16-20(17,18)10-6-5-7-14-11(10)13-3/h5-7H,4H2,1-3H3,(H,13,14)(H,15,16). The van der Waals surface area contributed by atoms with Gasteiger partial charge in [0.15, 0.2) is 5.13 Å². The van der Waals surface area contributed by atoms with Crippen LogP contribution in [-0.4, -0.2) is 25.4 Å². The van der Waals surface area contributed by atoms with Gasteiger partial charge in [0, 0.05) is 18.1 Å². The number of thiazole rings is 1. The molecule has 0 aromatic carbocycles. The highest BCUT2D eigenvalue weighted by Gasteiger charge is 2.20. The Bertz CT molecular complexity index is 710. The number of aryl methyl sites for hydroxylation is 2. The molecule has 0 saturated carbocycles. The smallest absolute Gasteiger partial charge is 0.267 e. The summed E-state index contributed by atoms with van der Waals surface area (Å²) in [6.07, 6.45) is 2.31. The van der Waals surface area contributed by atoms with E-state index in [0.29, 0.717) is 10.9 Å². The highest BCUT2D eigenvalue weighted by Crippen LogP contribution is 2.26. The first-order valence-corrected chi connectivity index (χ1v) is 8.39. The number of aromatic nitrogens is 2. The summed E-state index contributed by atoms with van der Waals surface area (Å²) in [4.78, 5) is 9.40. The third-order valence-electron chi connectivity index (χ3n) is 2.75. The molecule has 0 fully saturated rings. The van der Waals surface area contributed by atoms with E-state index < -0.39 is 10.0 Å². The summed E-state index contributed by atoms with van der Waals surface area (Å²) in [5.41, 5.74) is 0.910. The van der Waals surface area contributed by atoms with Crippen molar-refractivity contribution in [3.8, 4) is 0 Å². The van der Waals surface area contributed by atoms with Crippen molar-refractivity contribution in [1.29, 1.82) is 0 Å². The largest absolute Gasteiger partial charge is 0.372 e. The highest BCUT2D eigenvalue weighted by atomic mass is 32.2. The van der Waals surface area contributed by atoms with Crippen LogP contribution in [-0.2, 0) is 16.4 Å². The fourth-order valence-electron chi connectivity index (χ4n) is 1.76. The second-order valence-electron chi connectivity index (χ2n) is 4.08. The van der Waals surface area contributed by atoms with Gasteiger partial charge in [-0.25, -0.2) is 18.4 Å². The van der Waals surface area contributed by atoms with Crippen LogP contribution in [0.3, 0.4) is 0 Å². The van der Waals surface area contributed by atoms with E-state index >= 15 is 0 Å². The topological polar surface area (TPSA) is 84.0 Å². The molecule has 0 aliphatic heterocycles. The van der Waals surface area contributed by atoms with Gasteiger partial charge in [-0.15, -0.1) is 11.3 Å². The Labute approximate surface area is 122 Å². The predicted molar refractivity (Wildman–Crippen MR) is 80.8 cm³/mol. The van der Waals surface area contributed by atoms with Gasteiger partial charge < -0.3 is 5.32 Å². The van der Waals surface area contributed by atoms with Gasteiger partial charge >= 0.3 is 0 Å². The van der Waals surface area contributed by atoms with Crippen LogP contribution in [0.2, 0.25) is 0 Å². The van der Waals surface area contributed by atoms with E-state index in [1.54, 1.807) is 13.1 Å². The number of nitrogens with zero attached hydrogens (tertiary/aromatic N) is 2. The Kier molecular flexibility index (Phi) is 4.24. The van der Waals surface area contributed by atoms with E-state index in [2.05, 4.69) is 20.0 Å². The van der Waals surface area contributed by atoms with Crippen LogP contribution in [0, 0.1) is 6.92 Å². The van der Waals surface area contributed by atoms with Crippen LogP contribution in [0.4, 0.5) is 10.9 Å². The number of rotatable bonds is 5. The van der Waals surface area contributed by atoms with Crippen molar-refractivity contribution in [2.45, 2.75) is 25.2 Å². The summed E-state index contributed by atoms with van der Waals surface area (Å²) in [6, 6.07) is 3.09. The first-order chi connectivity index (χ1) is 9.47. The van der Waals surface area contributed by atoms with Gasteiger partial charge in [-0.1, -0.05) is 6.92 Å². The van der Waals surface area contributed by atoms with Gasteiger partial charge in [-0.2, -0.15) is 0 Å². The van der Waals surface area contributed by atoms with Crippen LogP contribution in [0.5, 0.6) is 0 Å². The van der Waals surface area contributed by atoms with E-state index in [1.165, 1.54) is 23.6 Å². The number of nitrogens with one attached hydrogen (secondary N) is 2. The minimum Gasteiger partial charge on any atom is -0.372 e. The zero-order valence-corrected chi connectivity index (χ0v) is 13.1. The summed E-state index contributed by atoms with van der Waals surface area (Å²) in [6.45, 7) is 3.91. The molecule has 0 radical (unpaired) electrons. The molecule has 2 rings (SSSR count). The van der Waals surface area contributed by atoms with E-state index in [9.17, 15) is 8.42 Å². The lowest BCUT2D eigenvalue weighted by Crippen LogP contribution is -2.15. The molecule has 0 spiro atoms. The number of sulfonamides is 1. The van der Waals surface area contributed by atoms with Crippen molar-refractivity contribution in [2.75, 3.05) is 17.1 Å². The number of hydrogen-bond donors (Lipinski definition) is 2. The van der Waals surface area contributed by atoms with E-state index in [0.717, 1.165) is 17.0 Å². The van der Waals surface area contributed by atoms with Crippen LogP contribution in [0.25, 0.3) is 0 Å². The van der Waals surface area contributed by atoms with Gasteiger partial charge in [-0.05, 0) is 25.5 Å². The monoisotopic (exact) mass is 312 g/mol. The summed E-state index contributed by atoms with van der Waals surface area (Å²) < 4.78 is 27.2. The molecule has 8 heteroatoms. The van der Waals surface area contributed by atoms with Gasteiger partial charge in [-0.3, -0.25) is 4.72 Å². The molecular weight excluding hydrogens is 296 g/mol. The van der Waals surface area contributed by atoms with E-state index in [4.69, 9.17) is 0 Å². The average molecular weight is 312 g/mol. The van der Waals surface area contributed by atoms with Crippen molar-refractivity contribution in [3.63, 3.8) is 0 Å². The third-order valence-corrected chi connectivity index (χ3v) is 5.17. The van der Waals surface area contributed by atoms with Crippen LogP contribution >= 0.6 is 11.3 Å². The van der Waals surface area contributed by atoms with Crippen molar-refractivity contribution in [1.82, 2.24) is 9.97 Å². The Morgan fingerprint density at radius 1 is 1.40 bits per heavy atom. The molecule has 2 aromatic heterocycles. The van der Waals surface area contributed by atoms with Crippen molar-refractivity contribution >= 4 is 32.3 Å². The number of hydrogen-bond acceptors (Lipinski definition) is 6.